The number of aryl methyl sites for hydroxylation is 3. The van der Waals surface area contributed by atoms with Crippen LogP contribution in [-0.2, 0) is 23.7 Å². The number of nitrogens with zero attached hydrogens (tertiary/aromatic N) is 5. The molecule has 2 bridgehead atoms. The Kier molecular flexibility index (Phi) is 5.03. The van der Waals surface area contributed by atoms with Gasteiger partial charge in [0.15, 0.2) is 0 Å². The van der Waals surface area contributed by atoms with E-state index in [2.05, 4.69) is 17.1 Å². The molecule has 1 saturated heterocycles. The van der Waals surface area contributed by atoms with Crippen LogP contribution in [0.4, 0.5) is 0 Å². The highest BCUT2D eigenvalue weighted by molar-refractivity contribution is 6.46. The molecule has 0 unspecified atom stereocenters. The number of fused-ring (bicyclic) bond motifs is 2. The molecule has 2 aromatic heterocycles. The van der Waals surface area contributed by atoms with Gasteiger partial charge in [-0.25, -0.2) is 0 Å². The molecule has 2 aromatic rings. The summed E-state index contributed by atoms with van der Waals surface area (Å²) in [6.07, 6.45) is 6.53. The maximum Gasteiger partial charge on any atom is 0.295 e. The van der Waals surface area contributed by atoms with E-state index in [-0.39, 0.29) is 17.4 Å². The molecule has 0 radical (unpaired) electrons. The summed E-state index contributed by atoms with van der Waals surface area (Å²) in [5.74, 6) is 0.417. The van der Waals surface area contributed by atoms with E-state index in [0.717, 1.165) is 29.3 Å². The Morgan fingerprint density at radius 2 is 1.82 bits per heavy atom. The number of likely N-dealkylation sites (tertiary alicyclic amines) is 1. The van der Waals surface area contributed by atoms with Crippen LogP contribution in [-0.4, -0.2) is 47.3 Å². The van der Waals surface area contributed by atoms with Gasteiger partial charge in [0, 0.05) is 37.1 Å². The topological polar surface area (TPSA) is 93.2 Å². The third-order valence-corrected chi connectivity index (χ3v) is 8.64. The monoisotopic (exact) mass is 451 g/mol. The first kappa shape index (κ1) is 21.9. The van der Waals surface area contributed by atoms with Gasteiger partial charge in [-0.1, -0.05) is 6.42 Å². The van der Waals surface area contributed by atoms with Crippen LogP contribution in [0.3, 0.4) is 0 Å². The van der Waals surface area contributed by atoms with Gasteiger partial charge in [-0.3, -0.25) is 19.0 Å². The molecule has 3 fully saturated rings. The average molecular weight is 452 g/mol. The lowest BCUT2D eigenvalue weighted by molar-refractivity contribution is -0.142. The third kappa shape index (κ3) is 3.09. The van der Waals surface area contributed by atoms with E-state index in [1.165, 1.54) is 19.3 Å². The zero-order valence-electron chi connectivity index (χ0n) is 20.3. The van der Waals surface area contributed by atoms with Gasteiger partial charge >= 0.3 is 0 Å². The number of aliphatic hydroxyl groups is 1. The lowest BCUT2D eigenvalue weighted by Gasteiger charge is -2.37. The fourth-order valence-corrected chi connectivity index (χ4v) is 6.70. The van der Waals surface area contributed by atoms with Gasteiger partial charge in [0.2, 0.25) is 0 Å². The van der Waals surface area contributed by atoms with E-state index < -0.39 is 17.7 Å². The smallest absolute Gasteiger partial charge is 0.295 e. The van der Waals surface area contributed by atoms with Crippen molar-refractivity contribution >= 4 is 17.4 Å². The summed E-state index contributed by atoms with van der Waals surface area (Å²) in [6.45, 7) is 7.68. The molecule has 8 heteroatoms. The standard InChI is InChI=1S/C25H33N5O3/c1-12-20(15(4)29(6)27-12)23(31)21-22(19-11-26-28(5)13(19)2)30(25(33)24(21)32)14(3)18-10-16-7-8-17(18)9-16/h11,14,16-18,22,31H,7-10H2,1-6H3/t14-,16+,17+,18-,22-/m0/s1. The minimum Gasteiger partial charge on any atom is -0.507 e. The highest BCUT2D eigenvalue weighted by atomic mass is 16.3. The molecule has 1 amide bonds. The van der Waals surface area contributed by atoms with E-state index >= 15 is 0 Å². The molecule has 0 aromatic carbocycles. The van der Waals surface area contributed by atoms with Gasteiger partial charge in [0.25, 0.3) is 11.7 Å². The highest BCUT2D eigenvalue weighted by Crippen LogP contribution is 2.52. The molecule has 3 aliphatic rings. The Morgan fingerprint density at radius 3 is 2.33 bits per heavy atom. The number of carbonyl (C=O) groups excluding carboxylic acids is 2. The first-order valence-corrected chi connectivity index (χ1v) is 11.9. The van der Waals surface area contributed by atoms with Crippen molar-refractivity contribution < 1.29 is 14.7 Å². The summed E-state index contributed by atoms with van der Waals surface area (Å²) in [7, 11) is 3.65. The van der Waals surface area contributed by atoms with Gasteiger partial charge in [-0.2, -0.15) is 10.2 Å². The number of hydrogen-bond donors (Lipinski definition) is 1. The van der Waals surface area contributed by atoms with Gasteiger partial charge in [0.1, 0.15) is 5.76 Å². The summed E-state index contributed by atoms with van der Waals surface area (Å²) >= 11 is 0. The zero-order valence-corrected chi connectivity index (χ0v) is 20.3. The first-order valence-electron chi connectivity index (χ1n) is 11.9. The molecule has 33 heavy (non-hydrogen) atoms. The van der Waals surface area contributed by atoms with Gasteiger partial charge in [-0.05, 0) is 64.7 Å². The van der Waals surface area contributed by atoms with Crippen LogP contribution in [0.15, 0.2) is 11.8 Å². The molecule has 176 valence electrons. The Labute approximate surface area is 194 Å². The molecule has 8 nitrogen and oxygen atoms in total. The van der Waals surface area contributed by atoms with E-state index in [4.69, 9.17) is 0 Å². The highest BCUT2D eigenvalue weighted by Gasteiger charge is 2.53. The molecule has 5 rings (SSSR count). The number of Topliss-reactive ketones (excluding diaryl/α,β-unsaturated/α-hetero) is 1. The van der Waals surface area contributed by atoms with Crippen LogP contribution < -0.4 is 0 Å². The lowest BCUT2D eigenvalue weighted by Crippen LogP contribution is -2.43. The predicted octanol–water partition coefficient (Wildman–Crippen LogP) is 3.33. The molecule has 1 N–H and O–H groups in total. The molecule has 1 aliphatic heterocycles. The second-order valence-electron chi connectivity index (χ2n) is 10.3. The summed E-state index contributed by atoms with van der Waals surface area (Å²) in [6, 6.07) is -0.755. The second-order valence-corrected chi connectivity index (χ2v) is 10.3. The molecule has 5 atom stereocenters. The number of amides is 1. The number of hydrogen-bond acceptors (Lipinski definition) is 5. The number of aromatic nitrogens is 4. The van der Waals surface area contributed by atoms with E-state index in [1.54, 1.807) is 34.4 Å². The molecule has 0 spiro atoms. The molecule has 2 aliphatic carbocycles. The van der Waals surface area contributed by atoms with Gasteiger partial charge < -0.3 is 10.0 Å². The number of rotatable bonds is 4. The third-order valence-electron chi connectivity index (χ3n) is 8.64. The van der Waals surface area contributed by atoms with Gasteiger partial charge in [0.05, 0.1) is 29.1 Å². The van der Waals surface area contributed by atoms with Crippen molar-refractivity contribution in [3.8, 4) is 0 Å². The Hall–Kier alpha value is -2.90. The van der Waals surface area contributed by atoms with Crippen LogP contribution in [0.25, 0.3) is 5.76 Å². The van der Waals surface area contributed by atoms with Crippen LogP contribution >= 0.6 is 0 Å². The summed E-state index contributed by atoms with van der Waals surface area (Å²) < 4.78 is 3.43. The van der Waals surface area contributed by atoms with Crippen molar-refractivity contribution in [2.45, 2.75) is 65.5 Å². The summed E-state index contributed by atoms with van der Waals surface area (Å²) in [5, 5.41) is 20.3. The predicted molar refractivity (Wildman–Crippen MR) is 123 cm³/mol. The van der Waals surface area contributed by atoms with Crippen LogP contribution in [0.1, 0.15) is 66.9 Å². The Morgan fingerprint density at radius 1 is 1.09 bits per heavy atom. The Balaban J connectivity index is 1.68. The van der Waals surface area contributed by atoms with Crippen molar-refractivity contribution in [1.29, 1.82) is 0 Å². The molecular weight excluding hydrogens is 418 g/mol. The SMILES string of the molecule is Cc1nn(C)c(C)c1C(O)=C1C(=O)C(=O)N([C@@H](C)[C@@H]2C[C@@H]3CC[C@@H]2C3)[C@H]1c1cnn(C)c1C. The Bertz CT molecular complexity index is 1190. The van der Waals surface area contributed by atoms with Crippen molar-refractivity contribution in [1.82, 2.24) is 24.5 Å². The van der Waals surface area contributed by atoms with Crippen LogP contribution in [0, 0.1) is 38.5 Å². The van der Waals surface area contributed by atoms with Crippen molar-refractivity contribution in [3.05, 3.63) is 40.0 Å². The molecular formula is C25H33N5O3. The van der Waals surface area contributed by atoms with E-state index in [9.17, 15) is 14.7 Å². The minimum absolute atomic E-state index is 0.0947. The largest absolute Gasteiger partial charge is 0.507 e. The number of aliphatic hydroxyl groups excluding tert-OH is 1. The summed E-state index contributed by atoms with van der Waals surface area (Å²) in [5.41, 5.74) is 3.70. The second kappa shape index (κ2) is 7.57. The lowest BCUT2D eigenvalue weighted by atomic mass is 9.82. The van der Waals surface area contributed by atoms with E-state index in [1.807, 2.05) is 20.9 Å². The number of ketones is 1. The normalized spacial score (nSPS) is 29.5. The quantitative estimate of drug-likeness (QED) is 0.437. The first-order chi connectivity index (χ1) is 15.6. The van der Waals surface area contributed by atoms with Crippen molar-refractivity contribution in [2.24, 2.45) is 31.8 Å². The fourth-order valence-electron chi connectivity index (χ4n) is 6.70. The van der Waals surface area contributed by atoms with Gasteiger partial charge in [-0.15, -0.1) is 0 Å². The zero-order chi connectivity index (χ0) is 23.8. The van der Waals surface area contributed by atoms with Crippen molar-refractivity contribution in [3.63, 3.8) is 0 Å². The minimum atomic E-state index is -0.660. The summed E-state index contributed by atoms with van der Waals surface area (Å²) in [4.78, 5) is 28.7. The average Bonchev–Trinajstić information content (AvgIpc) is 3.56. The fraction of sp³-hybridized carbons (Fsp3) is 0.600. The molecule has 3 heterocycles. The maximum absolute atomic E-state index is 13.5. The van der Waals surface area contributed by atoms with Crippen LogP contribution in [0.5, 0.6) is 0 Å². The van der Waals surface area contributed by atoms with Crippen molar-refractivity contribution in [2.75, 3.05) is 0 Å². The number of carbonyl (C=O) groups is 2. The maximum atomic E-state index is 13.5. The van der Waals surface area contributed by atoms with E-state index in [0.29, 0.717) is 23.1 Å². The van der Waals surface area contributed by atoms with Crippen LogP contribution in [0.2, 0.25) is 0 Å². The molecule has 2 saturated carbocycles.